The Bertz CT molecular complexity index is 892. The Balaban J connectivity index is 1.66. The van der Waals surface area contributed by atoms with Crippen LogP contribution in [0.1, 0.15) is 53.1 Å². The minimum absolute atomic E-state index is 0.0373. The van der Waals surface area contributed by atoms with Gasteiger partial charge < -0.3 is 15.8 Å². The summed E-state index contributed by atoms with van der Waals surface area (Å²) in [6.45, 7) is 0.780. The van der Waals surface area contributed by atoms with Crippen LogP contribution in [-0.4, -0.2) is 19.6 Å². The number of alkyl halides is 3. The molecule has 0 heterocycles. The van der Waals surface area contributed by atoms with Crippen molar-refractivity contribution in [1.29, 1.82) is 0 Å². The van der Waals surface area contributed by atoms with Crippen molar-refractivity contribution in [1.82, 2.24) is 0 Å². The molecule has 3 N–H and O–H groups in total. The van der Waals surface area contributed by atoms with E-state index in [1.165, 1.54) is 0 Å². The average Bonchev–Trinajstić information content (AvgIpc) is 2.72. The highest BCUT2D eigenvalue weighted by Gasteiger charge is 2.34. The standard InChI is InChI=1S/C22H24ClF3N2O2/c1-30-17-8-6-16(7-9-17)28-12-13-2-4-14(5-3-13)18-10-15(22(24,25)26)11-19(20(18)23)21(27)29/h6-11,13-14,28H,2-5,12H2,1H3,(H2,27,29). The van der Waals surface area contributed by atoms with E-state index in [1.54, 1.807) is 7.11 Å². The zero-order valence-electron chi connectivity index (χ0n) is 16.6. The number of halogens is 4. The Hall–Kier alpha value is -2.41. The van der Waals surface area contributed by atoms with Crippen LogP contribution < -0.4 is 15.8 Å². The number of hydrogen-bond acceptors (Lipinski definition) is 3. The predicted octanol–water partition coefficient (Wildman–Crippen LogP) is 5.85. The molecule has 2 aromatic rings. The molecular weight excluding hydrogens is 417 g/mol. The highest BCUT2D eigenvalue weighted by Crippen LogP contribution is 2.42. The molecule has 8 heteroatoms. The highest BCUT2D eigenvalue weighted by molar-refractivity contribution is 6.34. The maximum atomic E-state index is 13.3. The lowest BCUT2D eigenvalue weighted by atomic mass is 9.78. The number of hydrogen-bond donors (Lipinski definition) is 2. The van der Waals surface area contributed by atoms with Gasteiger partial charge in [0.2, 0.25) is 5.91 Å². The number of rotatable bonds is 6. The lowest BCUT2D eigenvalue weighted by molar-refractivity contribution is -0.137. The van der Waals surface area contributed by atoms with Gasteiger partial charge in [-0.15, -0.1) is 0 Å². The van der Waals surface area contributed by atoms with Gasteiger partial charge in [0, 0.05) is 12.2 Å². The molecule has 0 bridgehead atoms. The minimum atomic E-state index is -4.57. The van der Waals surface area contributed by atoms with Gasteiger partial charge in [-0.3, -0.25) is 4.79 Å². The van der Waals surface area contributed by atoms with Crippen molar-refractivity contribution in [3.63, 3.8) is 0 Å². The average molecular weight is 441 g/mol. The van der Waals surface area contributed by atoms with Gasteiger partial charge in [0.05, 0.1) is 23.3 Å². The number of primary amides is 1. The summed E-state index contributed by atoms with van der Waals surface area (Å²) in [7, 11) is 1.62. The SMILES string of the molecule is COc1ccc(NCC2CCC(c3cc(C(F)(F)F)cc(C(N)=O)c3Cl)CC2)cc1. The first-order valence-electron chi connectivity index (χ1n) is 9.77. The Morgan fingerprint density at radius 1 is 1.17 bits per heavy atom. The van der Waals surface area contributed by atoms with Crippen LogP contribution in [0.15, 0.2) is 36.4 Å². The zero-order valence-corrected chi connectivity index (χ0v) is 17.3. The summed E-state index contributed by atoms with van der Waals surface area (Å²) in [6.07, 6.45) is -1.45. The second kappa shape index (κ2) is 9.16. The van der Waals surface area contributed by atoms with E-state index in [0.717, 1.165) is 43.0 Å². The molecule has 1 aliphatic carbocycles. The van der Waals surface area contributed by atoms with Gasteiger partial charge in [-0.2, -0.15) is 13.2 Å². The van der Waals surface area contributed by atoms with Crippen molar-refractivity contribution in [2.75, 3.05) is 19.0 Å². The van der Waals surface area contributed by atoms with E-state index in [4.69, 9.17) is 22.1 Å². The van der Waals surface area contributed by atoms with Crippen molar-refractivity contribution in [3.05, 3.63) is 58.1 Å². The first-order valence-corrected chi connectivity index (χ1v) is 10.1. The van der Waals surface area contributed by atoms with E-state index in [-0.39, 0.29) is 16.5 Å². The minimum Gasteiger partial charge on any atom is -0.497 e. The molecule has 2 aromatic carbocycles. The fourth-order valence-electron chi connectivity index (χ4n) is 3.94. The van der Waals surface area contributed by atoms with Crippen LogP contribution in [-0.2, 0) is 6.18 Å². The number of carbonyl (C=O) groups is 1. The third kappa shape index (κ3) is 5.19. The van der Waals surface area contributed by atoms with Crippen molar-refractivity contribution < 1.29 is 22.7 Å². The Labute approximate surface area is 178 Å². The molecule has 0 aromatic heterocycles. The Morgan fingerprint density at radius 2 is 1.80 bits per heavy atom. The van der Waals surface area contributed by atoms with Gasteiger partial charge in [0.15, 0.2) is 0 Å². The molecule has 4 nitrogen and oxygen atoms in total. The Kier molecular flexibility index (Phi) is 6.81. The van der Waals surface area contributed by atoms with Crippen molar-refractivity contribution >= 4 is 23.2 Å². The summed E-state index contributed by atoms with van der Waals surface area (Å²) in [5.74, 6) is 0.109. The van der Waals surface area contributed by atoms with Gasteiger partial charge in [0.1, 0.15) is 5.75 Å². The molecule has 162 valence electrons. The molecule has 0 unspecified atom stereocenters. The normalized spacial score (nSPS) is 19.4. The monoisotopic (exact) mass is 440 g/mol. The molecule has 0 saturated heterocycles. The lowest BCUT2D eigenvalue weighted by Crippen LogP contribution is -2.22. The fraction of sp³-hybridized carbons (Fsp3) is 0.409. The number of methoxy groups -OCH3 is 1. The van der Waals surface area contributed by atoms with Crippen molar-refractivity contribution in [2.24, 2.45) is 11.7 Å². The summed E-state index contributed by atoms with van der Waals surface area (Å²) < 4.78 is 45.0. The second-order valence-electron chi connectivity index (χ2n) is 7.62. The summed E-state index contributed by atoms with van der Waals surface area (Å²) >= 11 is 6.27. The number of anilines is 1. The van der Waals surface area contributed by atoms with E-state index in [1.807, 2.05) is 24.3 Å². The maximum absolute atomic E-state index is 13.3. The molecule has 0 atom stereocenters. The first-order chi connectivity index (χ1) is 14.2. The molecule has 0 spiro atoms. The smallest absolute Gasteiger partial charge is 0.416 e. The molecule has 30 heavy (non-hydrogen) atoms. The van der Waals surface area contributed by atoms with Crippen LogP contribution in [0, 0.1) is 5.92 Å². The lowest BCUT2D eigenvalue weighted by Gasteiger charge is -2.30. The number of ether oxygens (including phenoxy) is 1. The van der Waals surface area contributed by atoms with Crippen LogP contribution in [0.3, 0.4) is 0 Å². The van der Waals surface area contributed by atoms with Crippen LogP contribution in [0.2, 0.25) is 5.02 Å². The van der Waals surface area contributed by atoms with E-state index < -0.39 is 17.6 Å². The number of amides is 1. The summed E-state index contributed by atoms with van der Waals surface area (Å²) in [6, 6.07) is 9.45. The first kappa shape index (κ1) is 22.3. The maximum Gasteiger partial charge on any atom is 0.416 e. The van der Waals surface area contributed by atoms with Gasteiger partial charge in [-0.1, -0.05) is 11.6 Å². The zero-order chi connectivity index (χ0) is 21.9. The van der Waals surface area contributed by atoms with Gasteiger partial charge in [0.25, 0.3) is 0 Å². The number of nitrogens with two attached hydrogens (primary N) is 1. The quantitative estimate of drug-likeness (QED) is 0.592. The molecule has 1 fully saturated rings. The predicted molar refractivity (Wildman–Crippen MR) is 111 cm³/mol. The third-order valence-electron chi connectivity index (χ3n) is 5.67. The van der Waals surface area contributed by atoms with Gasteiger partial charge >= 0.3 is 6.18 Å². The molecule has 1 saturated carbocycles. The number of nitrogens with one attached hydrogen (secondary N) is 1. The topological polar surface area (TPSA) is 64.3 Å². The molecule has 1 aliphatic rings. The van der Waals surface area contributed by atoms with E-state index in [0.29, 0.717) is 24.3 Å². The van der Waals surface area contributed by atoms with Crippen molar-refractivity contribution in [2.45, 2.75) is 37.8 Å². The summed E-state index contributed by atoms with van der Waals surface area (Å²) in [4.78, 5) is 11.6. The van der Waals surface area contributed by atoms with E-state index in [9.17, 15) is 18.0 Å². The number of carbonyl (C=O) groups excluding carboxylic acids is 1. The van der Waals surface area contributed by atoms with Crippen molar-refractivity contribution in [3.8, 4) is 5.75 Å². The second-order valence-corrected chi connectivity index (χ2v) is 7.99. The largest absolute Gasteiger partial charge is 0.497 e. The summed E-state index contributed by atoms with van der Waals surface area (Å²) in [5, 5.41) is 3.43. The third-order valence-corrected chi connectivity index (χ3v) is 6.09. The molecule has 0 radical (unpaired) electrons. The number of benzene rings is 2. The Morgan fingerprint density at radius 3 is 2.33 bits per heavy atom. The molecular formula is C22H24ClF3N2O2. The van der Waals surface area contributed by atoms with Crippen LogP contribution in [0.5, 0.6) is 5.75 Å². The summed E-state index contributed by atoms with van der Waals surface area (Å²) in [5.41, 5.74) is 5.44. The van der Waals surface area contributed by atoms with E-state index in [2.05, 4.69) is 5.32 Å². The molecule has 0 aliphatic heterocycles. The van der Waals surface area contributed by atoms with Crippen LogP contribution in [0.25, 0.3) is 0 Å². The highest BCUT2D eigenvalue weighted by atomic mass is 35.5. The van der Waals surface area contributed by atoms with Gasteiger partial charge in [-0.05, 0) is 79.5 Å². The van der Waals surface area contributed by atoms with Gasteiger partial charge in [-0.25, -0.2) is 0 Å². The van der Waals surface area contributed by atoms with Crippen LogP contribution in [0.4, 0.5) is 18.9 Å². The fourth-order valence-corrected chi connectivity index (χ4v) is 4.29. The molecule has 1 amide bonds. The molecule has 3 rings (SSSR count). The van der Waals surface area contributed by atoms with E-state index >= 15 is 0 Å². The van der Waals surface area contributed by atoms with Crippen LogP contribution >= 0.6 is 11.6 Å².